The van der Waals surface area contributed by atoms with Crippen molar-refractivity contribution in [3.8, 4) is 11.6 Å². The molecule has 17 heavy (non-hydrogen) atoms. The molecule has 0 fully saturated rings. The van der Waals surface area contributed by atoms with Crippen LogP contribution < -0.4 is 15.2 Å². The molecule has 7 heteroatoms. The second-order valence-corrected chi connectivity index (χ2v) is 3.27. The first-order valence-electron chi connectivity index (χ1n) is 4.75. The minimum absolute atomic E-state index is 0. The number of rotatable bonds is 5. The smallest absolute Gasteiger partial charge is 0.272 e. The molecule has 0 aliphatic rings. The van der Waals surface area contributed by atoms with Gasteiger partial charge < -0.3 is 15.2 Å². The summed E-state index contributed by atoms with van der Waals surface area (Å²) >= 11 is 0. The lowest BCUT2D eigenvalue weighted by molar-refractivity contribution is 0.0779. The van der Waals surface area contributed by atoms with E-state index in [4.69, 9.17) is 15.2 Å². The Labute approximate surface area is 105 Å². The van der Waals surface area contributed by atoms with Gasteiger partial charge in [0.2, 0.25) is 0 Å². The van der Waals surface area contributed by atoms with Gasteiger partial charge in [-0.05, 0) is 18.6 Å². The van der Waals surface area contributed by atoms with Gasteiger partial charge in [-0.15, -0.1) is 12.4 Å². The Hall–Kier alpha value is -1.14. The number of nitrogens with zero attached hydrogens (tertiary/aromatic N) is 1. The van der Waals surface area contributed by atoms with E-state index in [0.717, 1.165) is 5.56 Å². The summed E-state index contributed by atoms with van der Waals surface area (Å²) in [5, 5.41) is 0. The fourth-order valence-corrected chi connectivity index (χ4v) is 1.09. The number of alkyl halides is 2. The zero-order chi connectivity index (χ0) is 12.1. The lowest BCUT2D eigenvalue weighted by Crippen LogP contribution is -2.10. The SMILES string of the molecule is COc1cc(C(C)N)cnc1OCC(F)F.Cl. The van der Waals surface area contributed by atoms with Crippen LogP contribution in [0.5, 0.6) is 11.6 Å². The van der Waals surface area contributed by atoms with Gasteiger partial charge in [0.1, 0.15) is 0 Å². The summed E-state index contributed by atoms with van der Waals surface area (Å²) < 4.78 is 33.7. The number of hydrogen-bond acceptors (Lipinski definition) is 4. The number of nitrogens with two attached hydrogens (primary N) is 1. The van der Waals surface area contributed by atoms with Crippen molar-refractivity contribution in [2.45, 2.75) is 19.4 Å². The largest absolute Gasteiger partial charge is 0.491 e. The Kier molecular flexibility index (Phi) is 6.75. The molecule has 1 unspecified atom stereocenters. The molecule has 1 atom stereocenters. The number of aromatic nitrogens is 1. The summed E-state index contributed by atoms with van der Waals surface area (Å²) in [6.45, 7) is 1.08. The Bertz CT molecular complexity index is 351. The first-order valence-corrected chi connectivity index (χ1v) is 4.75. The summed E-state index contributed by atoms with van der Waals surface area (Å²) in [6, 6.07) is 1.42. The van der Waals surface area contributed by atoms with E-state index in [2.05, 4.69) is 4.98 Å². The van der Waals surface area contributed by atoms with E-state index in [-0.39, 0.29) is 24.3 Å². The normalized spacial score (nSPS) is 11.9. The van der Waals surface area contributed by atoms with Gasteiger partial charge in [0.15, 0.2) is 12.4 Å². The number of ether oxygens (including phenoxy) is 2. The topological polar surface area (TPSA) is 57.4 Å². The van der Waals surface area contributed by atoms with Crippen molar-refractivity contribution in [2.24, 2.45) is 5.73 Å². The molecule has 1 aromatic heterocycles. The zero-order valence-electron chi connectivity index (χ0n) is 9.52. The summed E-state index contributed by atoms with van der Waals surface area (Å²) in [5.74, 6) is 0.350. The molecule has 0 saturated carbocycles. The second-order valence-electron chi connectivity index (χ2n) is 3.27. The van der Waals surface area contributed by atoms with Gasteiger partial charge in [0, 0.05) is 12.2 Å². The van der Waals surface area contributed by atoms with Gasteiger partial charge in [-0.1, -0.05) is 0 Å². The second kappa shape index (κ2) is 7.24. The van der Waals surface area contributed by atoms with Crippen LogP contribution in [0.1, 0.15) is 18.5 Å². The van der Waals surface area contributed by atoms with Crippen LogP contribution in [0, 0.1) is 0 Å². The van der Waals surface area contributed by atoms with Crippen LogP contribution >= 0.6 is 12.4 Å². The average molecular weight is 269 g/mol. The predicted molar refractivity (Wildman–Crippen MR) is 62.1 cm³/mol. The summed E-state index contributed by atoms with van der Waals surface area (Å²) in [4.78, 5) is 3.88. The first-order chi connectivity index (χ1) is 7.54. The van der Waals surface area contributed by atoms with E-state index in [1.165, 1.54) is 13.3 Å². The molecule has 0 radical (unpaired) electrons. The number of hydrogen-bond donors (Lipinski definition) is 1. The van der Waals surface area contributed by atoms with Gasteiger partial charge in [-0.2, -0.15) is 0 Å². The van der Waals surface area contributed by atoms with E-state index in [0.29, 0.717) is 5.75 Å². The molecule has 0 spiro atoms. The molecular weight excluding hydrogens is 254 g/mol. The maximum Gasteiger partial charge on any atom is 0.272 e. The molecule has 0 saturated heterocycles. The molecule has 1 heterocycles. The van der Waals surface area contributed by atoms with E-state index in [1.54, 1.807) is 13.0 Å². The number of halogens is 3. The standard InChI is InChI=1S/C10H14F2N2O2.ClH/c1-6(13)7-3-8(15-2)10(14-4-7)16-5-9(11)12;/h3-4,6,9H,5,13H2,1-2H3;1H. The molecule has 0 bridgehead atoms. The van der Waals surface area contributed by atoms with Crippen molar-refractivity contribution in [3.63, 3.8) is 0 Å². The maximum absolute atomic E-state index is 12.0. The minimum Gasteiger partial charge on any atom is -0.491 e. The van der Waals surface area contributed by atoms with Gasteiger partial charge in [-0.3, -0.25) is 0 Å². The molecule has 0 aromatic carbocycles. The molecule has 1 rings (SSSR count). The lowest BCUT2D eigenvalue weighted by Gasteiger charge is -2.12. The summed E-state index contributed by atoms with van der Waals surface area (Å²) in [7, 11) is 1.41. The van der Waals surface area contributed by atoms with Crippen molar-refractivity contribution < 1.29 is 18.3 Å². The molecule has 1 aromatic rings. The molecule has 0 aliphatic heterocycles. The van der Waals surface area contributed by atoms with Gasteiger partial charge in [0.25, 0.3) is 12.3 Å². The van der Waals surface area contributed by atoms with E-state index in [9.17, 15) is 8.78 Å². The van der Waals surface area contributed by atoms with Crippen LogP contribution in [0.3, 0.4) is 0 Å². The Morgan fingerprint density at radius 3 is 2.59 bits per heavy atom. The van der Waals surface area contributed by atoms with Gasteiger partial charge in [0.05, 0.1) is 7.11 Å². The monoisotopic (exact) mass is 268 g/mol. The highest BCUT2D eigenvalue weighted by molar-refractivity contribution is 5.85. The Morgan fingerprint density at radius 2 is 2.12 bits per heavy atom. The molecule has 0 amide bonds. The van der Waals surface area contributed by atoms with Crippen molar-refractivity contribution in [3.05, 3.63) is 17.8 Å². The van der Waals surface area contributed by atoms with E-state index < -0.39 is 13.0 Å². The van der Waals surface area contributed by atoms with Crippen molar-refractivity contribution >= 4 is 12.4 Å². The fourth-order valence-electron chi connectivity index (χ4n) is 1.09. The predicted octanol–water partition coefficient (Wildman–Crippen LogP) is 2.18. The third-order valence-corrected chi connectivity index (χ3v) is 1.93. The van der Waals surface area contributed by atoms with Crippen LogP contribution in [-0.2, 0) is 0 Å². The molecule has 98 valence electrons. The fraction of sp³-hybridized carbons (Fsp3) is 0.500. The quantitative estimate of drug-likeness (QED) is 0.889. The minimum atomic E-state index is -2.54. The molecule has 0 aliphatic carbocycles. The average Bonchev–Trinajstić information content (AvgIpc) is 2.25. The van der Waals surface area contributed by atoms with Gasteiger partial charge >= 0.3 is 0 Å². The van der Waals surface area contributed by atoms with E-state index in [1.807, 2.05) is 0 Å². The highest BCUT2D eigenvalue weighted by atomic mass is 35.5. The van der Waals surface area contributed by atoms with Crippen molar-refractivity contribution in [1.82, 2.24) is 4.98 Å². The number of pyridine rings is 1. The zero-order valence-corrected chi connectivity index (χ0v) is 10.3. The highest BCUT2D eigenvalue weighted by Gasteiger charge is 2.12. The third-order valence-electron chi connectivity index (χ3n) is 1.93. The molecule has 4 nitrogen and oxygen atoms in total. The van der Waals surface area contributed by atoms with Crippen LogP contribution in [0.15, 0.2) is 12.3 Å². The van der Waals surface area contributed by atoms with Crippen molar-refractivity contribution in [1.29, 1.82) is 0 Å². The van der Waals surface area contributed by atoms with Crippen molar-refractivity contribution in [2.75, 3.05) is 13.7 Å². The Morgan fingerprint density at radius 1 is 1.47 bits per heavy atom. The summed E-state index contributed by atoms with van der Waals surface area (Å²) in [5.41, 5.74) is 6.40. The van der Waals surface area contributed by atoms with Crippen LogP contribution in [-0.4, -0.2) is 25.1 Å². The first kappa shape index (κ1) is 15.9. The molecular formula is C10H15ClF2N2O2. The summed E-state index contributed by atoms with van der Waals surface area (Å²) in [6.07, 6.45) is -1.06. The third kappa shape index (κ3) is 4.70. The number of methoxy groups -OCH3 is 1. The van der Waals surface area contributed by atoms with Crippen LogP contribution in [0.2, 0.25) is 0 Å². The van der Waals surface area contributed by atoms with Crippen LogP contribution in [0.4, 0.5) is 8.78 Å². The van der Waals surface area contributed by atoms with Crippen LogP contribution in [0.25, 0.3) is 0 Å². The highest BCUT2D eigenvalue weighted by Crippen LogP contribution is 2.27. The molecule has 2 N–H and O–H groups in total. The van der Waals surface area contributed by atoms with E-state index >= 15 is 0 Å². The maximum atomic E-state index is 12.0. The van der Waals surface area contributed by atoms with Gasteiger partial charge in [-0.25, -0.2) is 13.8 Å². The Balaban J connectivity index is 0.00000256. The lowest BCUT2D eigenvalue weighted by atomic mass is 10.1.